The highest BCUT2D eigenvalue weighted by Gasteiger charge is 2.31. The van der Waals surface area contributed by atoms with Crippen molar-refractivity contribution in [3.63, 3.8) is 0 Å². The minimum absolute atomic E-state index is 0.0743. The number of hydrogen-bond acceptors (Lipinski definition) is 4. The van der Waals surface area contributed by atoms with Crippen molar-refractivity contribution < 1.29 is 13.2 Å². The largest absolute Gasteiger partial charge is 0.377 e. The van der Waals surface area contributed by atoms with Crippen LogP contribution in [0.2, 0.25) is 0 Å². The van der Waals surface area contributed by atoms with Crippen LogP contribution in [0, 0.1) is 13.8 Å². The van der Waals surface area contributed by atoms with Gasteiger partial charge in [0.25, 0.3) is 0 Å². The summed E-state index contributed by atoms with van der Waals surface area (Å²) in [5.41, 5.74) is 1.11. The molecule has 0 radical (unpaired) electrons. The van der Waals surface area contributed by atoms with Crippen molar-refractivity contribution in [2.75, 3.05) is 19.7 Å². The predicted molar refractivity (Wildman–Crippen MR) is 66.9 cm³/mol. The normalized spacial score (nSPS) is 22.9. The average Bonchev–Trinajstić information content (AvgIpc) is 2.51. The summed E-state index contributed by atoms with van der Waals surface area (Å²) < 4.78 is 32.2. The van der Waals surface area contributed by atoms with Crippen LogP contribution < -0.4 is 0 Å². The summed E-state index contributed by atoms with van der Waals surface area (Å²) in [6, 6.07) is 0. The monoisotopic (exact) mass is 273 g/mol. The smallest absolute Gasteiger partial charge is 0.246 e. The molecule has 1 aliphatic rings. The van der Waals surface area contributed by atoms with Crippen LogP contribution in [0.15, 0.2) is 4.90 Å². The van der Waals surface area contributed by atoms with Gasteiger partial charge in [-0.15, -0.1) is 0 Å². The average molecular weight is 273 g/mol. The minimum Gasteiger partial charge on any atom is -0.377 e. The van der Waals surface area contributed by atoms with E-state index in [2.05, 4.69) is 10.2 Å². The molecule has 0 amide bonds. The number of nitrogens with zero attached hydrogens (tertiary/aromatic N) is 2. The van der Waals surface area contributed by atoms with Gasteiger partial charge >= 0.3 is 0 Å². The SMILES string of the molecule is Cc1n[nH]c(C)c1S(=O)(=O)N1CCCOC(C)C1. The Morgan fingerprint density at radius 2 is 2.17 bits per heavy atom. The van der Waals surface area contributed by atoms with Crippen LogP contribution in [0.4, 0.5) is 0 Å². The standard InChI is InChI=1S/C11H19N3O3S/c1-8-7-14(5-4-6-17-8)18(15,16)11-9(2)12-13-10(11)3/h8H,4-7H2,1-3H3,(H,12,13). The number of hydrogen-bond donors (Lipinski definition) is 1. The maximum absolute atomic E-state index is 12.6. The molecule has 1 aromatic rings. The molecule has 1 fully saturated rings. The van der Waals surface area contributed by atoms with Gasteiger partial charge in [-0.2, -0.15) is 9.40 Å². The Morgan fingerprint density at radius 3 is 2.78 bits per heavy atom. The van der Waals surface area contributed by atoms with Gasteiger partial charge < -0.3 is 4.74 Å². The van der Waals surface area contributed by atoms with Gasteiger partial charge in [0.1, 0.15) is 4.90 Å². The summed E-state index contributed by atoms with van der Waals surface area (Å²) in [4.78, 5) is 0.302. The number of nitrogens with one attached hydrogen (secondary N) is 1. The van der Waals surface area contributed by atoms with Crippen molar-refractivity contribution in [1.82, 2.24) is 14.5 Å². The predicted octanol–water partition coefficient (Wildman–Crippen LogP) is 0.826. The van der Waals surface area contributed by atoms with Crippen molar-refractivity contribution in [3.8, 4) is 0 Å². The fraction of sp³-hybridized carbons (Fsp3) is 0.727. The van der Waals surface area contributed by atoms with Crippen molar-refractivity contribution >= 4 is 10.0 Å². The summed E-state index contributed by atoms with van der Waals surface area (Å²) in [7, 11) is -3.48. The van der Waals surface area contributed by atoms with E-state index in [0.717, 1.165) is 6.42 Å². The Kier molecular flexibility index (Phi) is 3.74. The Morgan fingerprint density at radius 1 is 1.44 bits per heavy atom. The van der Waals surface area contributed by atoms with Crippen LogP contribution >= 0.6 is 0 Å². The quantitative estimate of drug-likeness (QED) is 0.866. The molecule has 2 rings (SSSR count). The lowest BCUT2D eigenvalue weighted by atomic mass is 10.4. The van der Waals surface area contributed by atoms with E-state index in [0.29, 0.717) is 36.0 Å². The van der Waals surface area contributed by atoms with Gasteiger partial charge in [0.05, 0.1) is 17.5 Å². The first-order chi connectivity index (χ1) is 8.43. The highest BCUT2D eigenvalue weighted by molar-refractivity contribution is 7.89. The van der Waals surface area contributed by atoms with Crippen LogP contribution in [-0.2, 0) is 14.8 Å². The Labute approximate surface area is 107 Å². The van der Waals surface area contributed by atoms with E-state index in [1.54, 1.807) is 13.8 Å². The molecule has 1 atom stereocenters. The zero-order chi connectivity index (χ0) is 13.3. The zero-order valence-electron chi connectivity index (χ0n) is 10.9. The third kappa shape index (κ3) is 2.43. The molecule has 0 spiro atoms. The number of rotatable bonds is 2. The molecule has 0 bridgehead atoms. The Bertz CT molecular complexity index is 504. The lowest BCUT2D eigenvalue weighted by molar-refractivity contribution is 0.0752. The van der Waals surface area contributed by atoms with Gasteiger partial charge in [-0.3, -0.25) is 5.10 Å². The van der Waals surface area contributed by atoms with Crippen LogP contribution in [0.3, 0.4) is 0 Å². The van der Waals surface area contributed by atoms with Crippen molar-refractivity contribution in [3.05, 3.63) is 11.4 Å². The molecule has 0 saturated carbocycles. The lowest BCUT2D eigenvalue weighted by Gasteiger charge is -2.21. The van der Waals surface area contributed by atoms with Gasteiger partial charge in [0.2, 0.25) is 10.0 Å². The van der Waals surface area contributed by atoms with Gasteiger partial charge in [0, 0.05) is 19.7 Å². The molecule has 1 unspecified atom stereocenters. The third-order valence-corrected chi connectivity index (χ3v) is 5.20. The third-order valence-electron chi connectivity index (χ3n) is 3.07. The number of aromatic nitrogens is 2. The van der Waals surface area contributed by atoms with E-state index in [1.807, 2.05) is 6.92 Å². The summed E-state index contributed by atoms with van der Waals surface area (Å²) in [5, 5.41) is 6.68. The number of sulfonamides is 1. The molecule has 7 heteroatoms. The van der Waals surface area contributed by atoms with E-state index >= 15 is 0 Å². The van der Waals surface area contributed by atoms with E-state index in [9.17, 15) is 8.42 Å². The molecular weight excluding hydrogens is 254 g/mol. The summed E-state index contributed by atoms with van der Waals surface area (Å²) in [6.45, 7) is 6.82. The van der Waals surface area contributed by atoms with E-state index < -0.39 is 10.0 Å². The molecule has 1 saturated heterocycles. The van der Waals surface area contributed by atoms with Gasteiger partial charge in [-0.05, 0) is 27.2 Å². The van der Waals surface area contributed by atoms with Crippen molar-refractivity contribution in [2.24, 2.45) is 0 Å². The number of ether oxygens (including phenoxy) is 1. The highest BCUT2D eigenvalue weighted by Crippen LogP contribution is 2.23. The first kappa shape index (κ1) is 13.5. The molecule has 6 nitrogen and oxygen atoms in total. The molecule has 2 heterocycles. The first-order valence-corrected chi connectivity index (χ1v) is 7.50. The van der Waals surface area contributed by atoms with E-state index in [-0.39, 0.29) is 6.10 Å². The second-order valence-electron chi connectivity index (χ2n) is 4.66. The number of aromatic amines is 1. The highest BCUT2D eigenvalue weighted by atomic mass is 32.2. The topological polar surface area (TPSA) is 75.3 Å². The lowest BCUT2D eigenvalue weighted by Crippen LogP contribution is -2.36. The van der Waals surface area contributed by atoms with Gasteiger partial charge in [-0.1, -0.05) is 0 Å². The molecule has 0 aliphatic carbocycles. The second-order valence-corrected chi connectivity index (χ2v) is 6.54. The first-order valence-electron chi connectivity index (χ1n) is 6.06. The molecule has 1 aromatic heterocycles. The van der Waals surface area contributed by atoms with Crippen molar-refractivity contribution in [1.29, 1.82) is 0 Å². The number of aryl methyl sites for hydroxylation is 2. The molecule has 1 aliphatic heterocycles. The Hall–Kier alpha value is -0.920. The Balaban J connectivity index is 2.36. The van der Waals surface area contributed by atoms with Crippen molar-refractivity contribution in [2.45, 2.75) is 38.2 Å². The van der Waals surface area contributed by atoms with Crippen LogP contribution in [0.5, 0.6) is 0 Å². The summed E-state index contributed by atoms with van der Waals surface area (Å²) in [6.07, 6.45) is 0.647. The van der Waals surface area contributed by atoms with Crippen LogP contribution in [-0.4, -0.2) is 48.7 Å². The second kappa shape index (κ2) is 4.99. The van der Waals surface area contributed by atoms with Gasteiger partial charge in [-0.25, -0.2) is 8.42 Å². The maximum Gasteiger partial charge on any atom is 0.246 e. The van der Waals surface area contributed by atoms with Gasteiger partial charge in [0.15, 0.2) is 0 Å². The minimum atomic E-state index is -3.48. The fourth-order valence-corrected chi connectivity index (χ4v) is 4.11. The summed E-state index contributed by atoms with van der Waals surface area (Å²) >= 11 is 0. The molecule has 1 N–H and O–H groups in total. The molecule has 18 heavy (non-hydrogen) atoms. The molecule has 102 valence electrons. The molecular formula is C11H19N3O3S. The van der Waals surface area contributed by atoms with E-state index in [4.69, 9.17) is 4.74 Å². The van der Waals surface area contributed by atoms with Crippen LogP contribution in [0.25, 0.3) is 0 Å². The summed E-state index contributed by atoms with van der Waals surface area (Å²) in [5.74, 6) is 0. The zero-order valence-corrected chi connectivity index (χ0v) is 11.7. The van der Waals surface area contributed by atoms with Crippen LogP contribution in [0.1, 0.15) is 24.7 Å². The maximum atomic E-state index is 12.6. The number of H-pyrrole nitrogens is 1. The van der Waals surface area contributed by atoms with E-state index in [1.165, 1.54) is 4.31 Å². The molecule has 0 aromatic carbocycles. The fourth-order valence-electron chi connectivity index (χ4n) is 2.22.